The van der Waals surface area contributed by atoms with Gasteiger partial charge in [0.05, 0.1) is 0 Å². The highest BCUT2D eigenvalue weighted by molar-refractivity contribution is 7.84. The molecule has 0 aliphatic rings. The van der Waals surface area contributed by atoms with Crippen LogP contribution < -0.4 is 0 Å². The van der Waals surface area contributed by atoms with Crippen LogP contribution in [-0.2, 0) is 0 Å². The molecule has 66 valence electrons. The van der Waals surface area contributed by atoms with Crippen LogP contribution in [0.4, 0.5) is 0 Å². The zero-order chi connectivity index (χ0) is 9.72. The first kappa shape index (κ1) is 11.3. The average molecular weight is 180 g/mol. The summed E-state index contributed by atoms with van der Waals surface area (Å²) in [6.45, 7) is 17.4. The summed E-state index contributed by atoms with van der Waals surface area (Å²) in [5.74, 6) is 0. The molecule has 0 fully saturated rings. The SMILES string of the molecule is C=C(S)C(=C)C(=C)C(=C)CCC. The molecule has 0 rings (SSSR count). The third-order valence-electron chi connectivity index (χ3n) is 1.69. The fourth-order valence-electron chi connectivity index (χ4n) is 0.840. The maximum Gasteiger partial charge on any atom is 0.00405 e. The first-order chi connectivity index (χ1) is 5.50. The monoisotopic (exact) mass is 180 g/mol. The van der Waals surface area contributed by atoms with Crippen molar-refractivity contribution in [1.82, 2.24) is 0 Å². The molecule has 0 saturated heterocycles. The van der Waals surface area contributed by atoms with E-state index in [0.717, 1.165) is 29.6 Å². The molecule has 1 heteroatoms. The lowest BCUT2D eigenvalue weighted by Gasteiger charge is -2.10. The summed E-state index contributed by atoms with van der Waals surface area (Å²) in [7, 11) is 0. The van der Waals surface area contributed by atoms with Gasteiger partial charge >= 0.3 is 0 Å². The van der Waals surface area contributed by atoms with Gasteiger partial charge in [-0.2, -0.15) is 0 Å². The van der Waals surface area contributed by atoms with Crippen LogP contribution >= 0.6 is 12.6 Å². The molecule has 0 amide bonds. The van der Waals surface area contributed by atoms with Gasteiger partial charge in [0.2, 0.25) is 0 Å². The maximum atomic E-state index is 4.10. The molecule has 0 spiro atoms. The molecule has 0 N–H and O–H groups in total. The van der Waals surface area contributed by atoms with Crippen molar-refractivity contribution in [3.63, 3.8) is 0 Å². The second-order valence-corrected chi connectivity index (χ2v) is 3.30. The molecule has 0 radical (unpaired) electrons. The molecule has 0 aromatic heterocycles. The lowest BCUT2D eigenvalue weighted by molar-refractivity contribution is 0.920. The van der Waals surface area contributed by atoms with Crippen LogP contribution in [0.3, 0.4) is 0 Å². The third kappa shape index (κ3) is 3.14. The van der Waals surface area contributed by atoms with E-state index in [1.165, 1.54) is 0 Å². The van der Waals surface area contributed by atoms with Gasteiger partial charge in [0, 0.05) is 4.91 Å². The van der Waals surface area contributed by atoms with Gasteiger partial charge in [-0.3, -0.25) is 0 Å². The molecule has 0 atom stereocenters. The van der Waals surface area contributed by atoms with Crippen LogP contribution in [0.25, 0.3) is 0 Å². The standard InChI is InChI=1S/C11H16S/c1-6-7-8(2)9(3)10(4)11(5)12/h12H,2-7H2,1H3. The quantitative estimate of drug-likeness (QED) is 0.481. The fourth-order valence-corrected chi connectivity index (χ4v) is 0.975. The summed E-state index contributed by atoms with van der Waals surface area (Å²) in [6, 6.07) is 0. The molecule has 12 heavy (non-hydrogen) atoms. The van der Waals surface area contributed by atoms with Gasteiger partial charge in [-0.25, -0.2) is 0 Å². The molecule has 0 aliphatic carbocycles. The van der Waals surface area contributed by atoms with Crippen molar-refractivity contribution in [1.29, 1.82) is 0 Å². The average Bonchev–Trinajstić information content (AvgIpc) is 2.02. The Morgan fingerprint density at radius 3 is 1.92 bits per heavy atom. The van der Waals surface area contributed by atoms with E-state index >= 15 is 0 Å². The zero-order valence-corrected chi connectivity index (χ0v) is 8.58. The van der Waals surface area contributed by atoms with Crippen molar-refractivity contribution in [2.45, 2.75) is 19.8 Å². The first-order valence-corrected chi connectivity index (χ1v) is 4.40. The summed E-state index contributed by atoms with van der Waals surface area (Å²) in [6.07, 6.45) is 2.03. The minimum atomic E-state index is 0.664. The summed E-state index contributed by atoms with van der Waals surface area (Å²) in [5.41, 5.74) is 2.69. The number of hydrogen-bond acceptors (Lipinski definition) is 1. The number of thiol groups is 1. The molecule has 0 aromatic carbocycles. The van der Waals surface area contributed by atoms with Crippen molar-refractivity contribution in [3.8, 4) is 0 Å². The highest BCUT2D eigenvalue weighted by Crippen LogP contribution is 2.24. The molecule has 0 heterocycles. The Balaban J connectivity index is 4.30. The van der Waals surface area contributed by atoms with Crippen LogP contribution in [-0.4, -0.2) is 0 Å². The van der Waals surface area contributed by atoms with Crippen molar-refractivity contribution >= 4 is 12.6 Å². The second kappa shape index (κ2) is 5.04. The van der Waals surface area contributed by atoms with E-state index in [1.54, 1.807) is 0 Å². The van der Waals surface area contributed by atoms with Crippen LogP contribution in [0.5, 0.6) is 0 Å². The minimum Gasteiger partial charge on any atom is -0.143 e. The summed E-state index contributed by atoms with van der Waals surface area (Å²) in [4.78, 5) is 0.664. The fraction of sp³-hybridized carbons (Fsp3) is 0.273. The molecular weight excluding hydrogens is 164 g/mol. The Labute approximate surface area is 80.8 Å². The topological polar surface area (TPSA) is 0 Å². The molecule has 0 aromatic rings. The molecule has 0 saturated carbocycles. The number of hydrogen-bond donors (Lipinski definition) is 1. The van der Waals surface area contributed by atoms with E-state index in [1.807, 2.05) is 0 Å². The Morgan fingerprint density at radius 1 is 1.08 bits per heavy atom. The molecule has 0 bridgehead atoms. The molecular formula is C11H16S. The van der Waals surface area contributed by atoms with Gasteiger partial charge in [0.25, 0.3) is 0 Å². The van der Waals surface area contributed by atoms with E-state index in [0.29, 0.717) is 4.91 Å². The maximum absolute atomic E-state index is 4.10. The summed E-state index contributed by atoms with van der Waals surface area (Å²) < 4.78 is 0. The highest BCUT2D eigenvalue weighted by Gasteiger charge is 2.04. The highest BCUT2D eigenvalue weighted by atomic mass is 32.1. The minimum absolute atomic E-state index is 0.664. The molecule has 0 aliphatic heterocycles. The van der Waals surface area contributed by atoms with Gasteiger partial charge in [0.1, 0.15) is 0 Å². The Kier molecular flexibility index (Phi) is 4.75. The van der Waals surface area contributed by atoms with E-state index in [4.69, 9.17) is 0 Å². The third-order valence-corrected chi connectivity index (χ3v) is 1.96. The normalized spacial score (nSPS) is 9.17. The molecule has 0 unspecified atom stereocenters. The van der Waals surface area contributed by atoms with Crippen LogP contribution in [0.1, 0.15) is 19.8 Å². The predicted octanol–water partition coefficient (Wildman–Crippen LogP) is 3.90. The van der Waals surface area contributed by atoms with Gasteiger partial charge in [0.15, 0.2) is 0 Å². The van der Waals surface area contributed by atoms with Crippen molar-refractivity contribution in [2.75, 3.05) is 0 Å². The number of rotatable bonds is 5. The van der Waals surface area contributed by atoms with E-state index in [2.05, 4.69) is 45.9 Å². The Morgan fingerprint density at radius 2 is 1.58 bits per heavy atom. The van der Waals surface area contributed by atoms with E-state index in [-0.39, 0.29) is 0 Å². The van der Waals surface area contributed by atoms with E-state index < -0.39 is 0 Å². The van der Waals surface area contributed by atoms with Crippen molar-refractivity contribution in [3.05, 3.63) is 47.9 Å². The lowest BCUT2D eigenvalue weighted by atomic mass is 9.99. The largest absolute Gasteiger partial charge is 0.143 e. The summed E-state index contributed by atoms with van der Waals surface area (Å²) in [5, 5.41) is 0. The second-order valence-electron chi connectivity index (χ2n) is 2.76. The predicted molar refractivity (Wildman–Crippen MR) is 60.5 cm³/mol. The Hall–Kier alpha value is -0.690. The van der Waals surface area contributed by atoms with Gasteiger partial charge in [-0.1, -0.05) is 39.7 Å². The molecule has 0 nitrogen and oxygen atoms in total. The zero-order valence-electron chi connectivity index (χ0n) is 7.69. The lowest BCUT2D eigenvalue weighted by Crippen LogP contribution is -1.90. The number of allylic oxidation sites excluding steroid dienone is 3. The van der Waals surface area contributed by atoms with Gasteiger partial charge in [-0.15, -0.1) is 12.6 Å². The summed E-state index contributed by atoms with van der Waals surface area (Å²) >= 11 is 4.10. The van der Waals surface area contributed by atoms with Crippen LogP contribution in [0.2, 0.25) is 0 Å². The van der Waals surface area contributed by atoms with Crippen LogP contribution in [0, 0.1) is 0 Å². The van der Waals surface area contributed by atoms with Crippen molar-refractivity contribution in [2.24, 2.45) is 0 Å². The van der Waals surface area contributed by atoms with Crippen LogP contribution in [0.15, 0.2) is 47.9 Å². The van der Waals surface area contributed by atoms with Gasteiger partial charge < -0.3 is 0 Å². The Bertz CT molecular complexity index is 233. The van der Waals surface area contributed by atoms with Gasteiger partial charge in [-0.05, 0) is 23.1 Å². The van der Waals surface area contributed by atoms with Crippen molar-refractivity contribution < 1.29 is 0 Å². The smallest absolute Gasteiger partial charge is 0.00405 e. The first-order valence-electron chi connectivity index (χ1n) is 3.95. The van der Waals surface area contributed by atoms with E-state index in [9.17, 15) is 0 Å².